The molecule has 0 radical (unpaired) electrons. The normalized spacial score (nSPS) is 21.9. The van der Waals surface area contributed by atoms with Gasteiger partial charge in [0.15, 0.2) is 11.5 Å². The van der Waals surface area contributed by atoms with Gasteiger partial charge in [0, 0.05) is 13.1 Å². The maximum atomic E-state index is 11.7. The fourth-order valence-corrected chi connectivity index (χ4v) is 2.85. The maximum absolute atomic E-state index is 11.7. The van der Waals surface area contributed by atoms with E-state index in [0.717, 1.165) is 17.7 Å². The molecule has 0 spiro atoms. The van der Waals surface area contributed by atoms with Gasteiger partial charge in [0.2, 0.25) is 5.91 Å². The first kappa shape index (κ1) is 17.6. The Morgan fingerprint density at radius 3 is 2.87 bits per heavy atom. The van der Waals surface area contributed by atoms with E-state index in [2.05, 4.69) is 11.8 Å². The molecule has 1 aliphatic rings. The Hall–Kier alpha value is -1.79. The van der Waals surface area contributed by atoms with E-state index in [4.69, 9.17) is 19.9 Å². The van der Waals surface area contributed by atoms with Crippen LogP contribution in [0.1, 0.15) is 25.8 Å². The van der Waals surface area contributed by atoms with E-state index in [1.807, 2.05) is 25.1 Å². The summed E-state index contributed by atoms with van der Waals surface area (Å²) in [5.41, 5.74) is 6.59. The van der Waals surface area contributed by atoms with Crippen LogP contribution >= 0.6 is 0 Å². The van der Waals surface area contributed by atoms with Crippen molar-refractivity contribution in [1.82, 2.24) is 4.90 Å². The quantitative estimate of drug-likeness (QED) is 0.824. The first-order valence-electron chi connectivity index (χ1n) is 8.01. The Bertz CT molecular complexity index is 535. The van der Waals surface area contributed by atoms with Crippen molar-refractivity contribution in [2.45, 2.75) is 39.0 Å². The Balaban J connectivity index is 2.16. The number of benzene rings is 1. The summed E-state index contributed by atoms with van der Waals surface area (Å²) in [7, 11) is 1.63. The molecule has 1 heterocycles. The minimum Gasteiger partial charge on any atom is -0.493 e. The number of hydrogen-bond donors (Lipinski definition) is 1. The lowest BCUT2D eigenvalue weighted by Crippen LogP contribution is -2.56. The first-order chi connectivity index (χ1) is 11.1. The second-order valence-electron chi connectivity index (χ2n) is 5.73. The van der Waals surface area contributed by atoms with Gasteiger partial charge < -0.3 is 19.9 Å². The van der Waals surface area contributed by atoms with Crippen LogP contribution in [0.15, 0.2) is 18.2 Å². The van der Waals surface area contributed by atoms with Gasteiger partial charge in [-0.15, -0.1) is 0 Å². The molecule has 1 aromatic carbocycles. The molecular weight excluding hydrogens is 296 g/mol. The summed E-state index contributed by atoms with van der Waals surface area (Å²) in [5, 5.41) is 0. The Morgan fingerprint density at radius 2 is 2.22 bits per heavy atom. The molecule has 6 heteroatoms. The van der Waals surface area contributed by atoms with Crippen LogP contribution in [-0.2, 0) is 16.1 Å². The highest BCUT2D eigenvalue weighted by molar-refractivity contribution is 5.80. The summed E-state index contributed by atoms with van der Waals surface area (Å²) in [6.45, 7) is 6.47. The molecule has 0 bridgehead atoms. The summed E-state index contributed by atoms with van der Waals surface area (Å²) >= 11 is 0. The molecule has 0 saturated carbocycles. The molecule has 1 aromatic rings. The zero-order valence-electron chi connectivity index (χ0n) is 14.1. The summed E-state index contributed by atoms with van der Waals surface area (Å²) in [6, 6.07) is 5.43. The molecule has 2 N–H and O–H groups in total. The highest BCUT2D eigenvalue weighted by Crippen LogP contribution is 2.29. The first-order valence-corrected chi connectivity index (χ1v) is 8.01. The summed E-state index contributed by atoms with van der Waals surface area (Å²) < 4.78 is 16.6. The monoisotopic (exact) mass is 322 g/mol. The van der Waals surface area contributed by atoms with Crippen LogP contribution in [0.5, 0.6) is 11.5 Å². The van der Waals surface area contributed by atoms with E-state index in [0.29, 0.717) is 32.1 Å². The lowest BCUT2D eigenvalue weighted by atomic mass is 10.1. The highest BCUT2D eigenvalue weighted by Gasteiger charge is 2.33. The van der Waals surface area contributed by atoms with Crippen LogP contribution in [0.2, 0.25) is 0 Å². The average Bonchev–Trinajstić information content (AvgIpc) is 2.52. The molecule has 0 unspecified atom stereocenters. The van der Waals surface area contributed by atoms with Gasteiger partial charge in [0.05, 0.1) is 26.4 Å². The molecule has 0 aliphatic carbocycles. The number of ether oxygens (including phenoxy) is 3. The summed E-state index contributed by atoms with van der Waals surface area (Å²) in [6.07, 6.45) is 0.730. The van der Waals surface area contributed by atoms with Crippen LogP contribution in [0, 0.1) is 0 Å². The number of methoxy groups -OCH3 is 1. The lowest BCUT2D eigenvalue weighted by Gasteiger charge is -2.37. The van der Waals surface area contributed by atoms with Crippen molar-refractivity contribution >= 4 is 5.91 Å². The number of nitrogens with two attached hydrogens (primary N) is 1. The van der Waals surface area contributed by atoms with Crippen molar-refractivity contribution in [3.63, 3.8) is 0 Å². The third-order valence-corrected chi connectivity index (χ3v) is 3.96. The molecule has 0 aromatic heterocycles. The molecule has 6 nitrogen and oxygen atoms in total. The van der Waals surface area contributed by atoms with E-state index >= 15 is 0 Å². The fraction of sp³-hybridized carbons (Fsp3) is 0.588. The molecule has 2 rings (SSSR count). The largest absolute Gasteiger partial charge is 0.493 e. The van der Waals surface area contributed by atoms with Crippen molar-refractivity contribution < 1.29 is 19.0 Å². The van der Waals surface area contributed by atoms with E-state index in [1.165, 1.54) is 0 Å². The Kier molecular flexibility index (Phi) is 6.24. The van der Waals surface area contributed by atoms with Crippen LogP contribution in [0.25, 0.3) is 0 Å². The molecule has 1 saturated heterocycles. The van der Waals surface area contributed by atoms with Crippen molar-refractivity contribution in [2.75, 3.05) is 26.9 Å². The molecule has 1 fully saturated rings. The molecule has 1 amide bonds. The van der Waals surface area contributed by atoms with Gasteiger partial charge in [-0.05, 0) is 31.0 Å². The van der Waals surface area contributed by atoms with E-state index in [1.54, 1.807) is 7.11 Å². The standard InChI is InChI=1S/C17H26N2O4/c1-4-8-23-15-10-13(5-6-14(15)21-3)11-19-7-9-22-12(2)16(19)17(18)20/h5-6,10,12,16H,4,7-9,11H2,1-3H3,(H2,18,20)/t12-,16+/m1/s1. The van der Waals surface area contributed by atoms with E-state index in [9.17, 15) is 4.79 Å². The fourth-order valence-electron chi connectivity index (χ4n) is 2.85. The molecule has 1 aliphatic heterocycles. The van der Waals surface area contributed by atoms with Gasteiger partial charge >= 0.3 is 0 Å². The number of rotatable bonds is 7. The van der Waals surface area contributed by atoms with Crippen molar-refractivity contribution in [3.8, 4) is 11.5 Å². The predicted molar refractivity (Wildman–Crippen MR) is 87.6 cm³/mol. The van der Waals surface area contributed by atoms with Crippen LogP contribution in [0.3, 0.4) is 0 Å². The van der Waals surface area contributed by atoms with Gasteiger partial charge in [-0.3, -0.25) is 9.69 Å². The lowest BCUT2D eigenvalue weighted by molar-refractivity contribution is -0.136. The number of hydrogen-bond acceptors (Lipinski definition) is 5. The molecular formula is C17H26N2O4. The third kappa shape index (κ3) is 4.36. The Morgan fingerprint density at radius 1 is 1.43 bits per heavy atom. The molecule has 128 valence electrons. The average molecular weight is 322 g/mol. The topological polar surface area (TPSA) is 74.0 Å². The van der Waals surface area contributed by atoms with Crippen molar-refractivity contribution in [2.24, 2.45) is 5.73 Å². The van der Waals surface area contributed by atoms with Gasteiger partial charge in [-0.1, -0.05) is 13.0 Å². The Labute approximate surface area is 137 Å². The van der Waals surface area contributed by atoms with Gasteiger partial charge in [0.25, 0.3) is 0 Å². The number of primary amides is 1. The third-order valence-electron chi connectivity index (χ3n) is 3.96. The highest BCUT2D eigenvalue weighted by atomic mass is 16.5. The minimum atomic E-state index is -0.411. The number of carbonyl (C=O) groups is 1. The predicted octanol–water partition coefficient (Wildman–Crippen LogP) is 1.56. The van der Waals surface area contributed by atoms with E-state index < -0.39 is 6.04 Å². The second-order valence-corrected chi connectivity index (χ2v) is 5.73. The minimum absolute atomic E-state index is 0.199. The molecule has 23 heavy (non-hydrogen) atoms. The van der Waals surface area contributed by atoms with E-state index in [-0.39, 0.29) is 12.0 Å². The van der Waals surface area contributed by atoms with Crippen LogP contribution in [0.4, 0.5) is 0 Å². The number of morpholine rings is 1. The van der Waals surface area contributed by atoms with Crippen molar-refractivity contribution in [1.29, 1.82) is 0 Å². The maximum Gasteiger partial charge on any atom is 0.237 e. The number of carbonyl (C=O) groups excluding carboxylic acids is 1. The number of amides is 1. The summed E-state index contributed by atoms with van der Waals surface area (Å²) in [5.74, 6) is 1.08. The smallest absolute Gasteiger partial charge is 0.237 e. The van der Waals surface area contributed by atoms with Crippen LogP contribution < -0.4 is 15.2 Å². The van der Waals surface area contributed by atoms with Gasteiger partial charge in [-0.2, -0.15) is 0 Å². The second kappa shape index (κ2) is 8.17. The SMILES string of the molecule is CCCOc1cc(CN2CCO[C@H](C)[C@H]2C(N)=O)ccc1OC. The van der Waals surface area contributed by atoms with Gasteiger partial charge in [0.1, 0.15) is 6.04 Å². The van der Waals surface area contributed by atoms with Crippen molar-refractivity contribution in [3.05, 3.63) is 23.8 Å². The zero-order chi connectivity index (χ0) is 16.8. The van der Waals surface area contributed by atoms with Gasteiger partial charge in [-0.25, -0.2) is 0 Å². The van der Waals surface area contributed by atoms with Crippen LogP contribution in [-0.4, -0.2) is 49.8 Å². The zero-order valence-corrected chi connectivity index (χ0v) is 14.1. The number of nitrogens with zero attached hydrogens (tertiary/aromatic N) is 1. The summed E-state index contributed by atoms with van der Waals surface area (Å²) in [4.78, 5) is 13.8. The molecule has 2 atom stereocenters.